The van der Waals surface area contributed by atoms with E-state index in [-0.39, 0.29) is 12.3 Å². The van der Waals surface area contributed by atoms with Gasteiger partial charge in [-0.3, -0.25) is 0 Å². The molecule has 0 rings (SSSR count). The van der Waals surface area contributed by atoms with E-state index in [0.29, 0.717) is 0 Å². The summed E-state index contributed by atoms with van der Waals surface area (Å²) in [7, 11) is 1.18. The predicted octanol–water partition coefficient (Wildman–Crippen LogP) is 0.452. The van der Waals surface area contributed by atoms with Crippen LogP contribution in [-0.2, 0) is 9.53 Å². The molecule has 66 valence electrons. The smallest absolute Gasteiger partial charge is 0.364 e. The largest absolute Gasteiger partial charge is 0.477 e. The van der Waals surface area contributed by atoms with Crippen LogP contribution < -0.4 is 0 Å². The van der Waals surface area contributed by atoms with E-state index in [4.69, 9.17) is 5.11 Å². The van der Waals surface area contributed by atoms with Crippen molar-refractivity contribution < 1.29 is 19.7 Å². The standard InChI is InChI=1S/C7H14O4/c1-5(2)4-7(10,11-3)6(8)9/h5,10H,4H2,1-3H3,(H,8,9). The third kappa shape index (κ3) is 2.86. The minimum absolute atomic E-state index is 0.0797. The highest BCUT2D eigenvalue weighted by molar-refractivity contribution is 5.75. The van der Waals surface area contributed by atoms with Crippen molar-refractivity contribution in [3.63, 3.8) is 0 Å². The summed E-state index contributed by atoms with van der Waals surface area (Å²) in [6.07, 6.45) is 0.0961. The lowest BCUT2D eigenvalue weighted by molar-refractivity contribution is -0.219. The van der Waals surface area contributed by atoms with Gasteiger partial charge in [0.05, 0.1) is 0 Å². The van der Waals surface area contributed by atoms with E-state index < -0.39 is 11.8 Å². The van der Waals surface area contributed by atoms with E-state index in [1.807, 2.05) is 13.8 Å². The number of methoxy groups -OCH3 is 1. The Kier molecular flexibility index (Phi) is 3.48. The number of aliphatic carboxylic acids is 1. The molecule has 11 heavy (non-hydrogen) atoms. The molecule has 0 aliphatic carbocycles. The second-order valence-electron chi connectivity index (χ2n) is 2.89. The minimum Gasteiger partial charge on any atom is -0.477 e. The van der Waals surface area contributed by atoms with Crippen LogP contribution in [-0.4, -0.2) is 29.1 Å². The van der Waals surface area contributed by atoms with Crippen molar-refractivity contribution >= 4 is 5.97 Å². The zero-order chi connectivity index (χ0) is 9.07. The van der Waals surface area contributed by atoms with E-state index in [9.17, 15) is 9.90 Å². The molecule has 0 radical (unpaired) electrons. The Balaban J connectivity index is 4.22. The van der Waals surface area contributed by atoms with E-state index in [1.54, 1.807) is 0 Å². The van der Waals surface area contributed by atoms with Gasteiger partial charge in [0.1, 0.15) is 0 Å². The van der Waals surface area contributed by atoms with Crippen molar-refractivity contribution in [2.24, 2.45) is 5.92 Å². The highest BCUT2D eigenvalue weighted by Crippen LogP contribution is 2.17. The number of carbonyl (C=O) groups is 1. The molecule has 4 heteroatoms. The molecule has 0 spiro atoms. The number of hydrogen-bond acceptors (Lipinski definition) is 3. The van der Waals surface area contributed by atoms with Crippen LogP contribution in [0.25, 0.3) is 0 Å². The third-order valence-corrected chi connectivity index (χ3v) is 1.36. The van der Waals surface area contributed by atoms with Crippen LogP contribution in [0.3, 0.4) is 0 Å². The summed E-state index contributed by atoms with van der Waals surface area (Å²) in [6, 6.07) is 0. The molecule has 0 aromatic rings. The van der Waals surface area contributed by atoms with Crippen molar-refractivity contribution in [1.82, 2.24) is 0 Å². The molecule has 0 aromatic heterocycles. The summed E-state index contributed by atoms with van der Waals surface area (Å²) in [5, 5.41) is 17.8. The van der Waals surface area contributed by atoms with Gasteiger partial charge in [-0.15, -0.1) is 0 Å². The first-order chi connectivity index (χ1) is 4.92. The number of carboxylic acid groups (broad SMARTS) is 1. The van der Waals surface area contributed by atoms with Crippen molar-refractivity contribution in [2.45, 2.75) is 26.1 Å². The summed E-state index contributed by atoms with van der Waals surface area (Å²) in [5.74, 6) is -3.28. The molecule has 1 atom stereocenters. The van der Waals surface area contributed by atoms with Gasteiger partial charge in [0.2, 0.25) is 0 Å². The molecule has 4 nitrogen and oxygen atoms in total. The van der Waals surface area contributed by atoms with Gasteiger partial charge in [-0.2, -0.15) is 0 Å². The first kappa shape index (κ1) is 10.4. The van der Waals surface area contributed by atoms with Gasteiger partial charge in [-0.05, 0) is 5.92 Å². The fraction of sp³-hybridized carbons (Fsp3) is 0.857. The quantitative estimate of drug-likeness (QED) is 0.589. The second kappa shape index (κ2) is 3.69. The zero-order valence-electron chi connectivity index (χ0n) is 7.00. The van der Waals surface area contributed by atoms with Gasteiger partial charge >= 0.3 is 5.97 Å². The van der Waals surface area contributed by atoms with Crippen LogP contribution in [0.2, 0.25) is 0 Å². The normalized spacial score (nSPS) is 16.5. The second-order valence-corrected chi connectivity index (χ2v) is 2.89. The Morgan fingerprint density at radius 1 is 1.64 bits per heavy atom. The Morgan fingerprint density at radius 2 is 2.09 bits per heavy atom. The van der Waals surface area contributed by atoms with E-state index >= 15 is 0 Å². The van der Waals surface area contributed by atoms with Gasteiger partial charge in [0, 0.05) is 13.5 Å². The molecule has 0 amide bonds. The first-order valence-electron chi connectivity index (χ1n) is 3.43. The van der Waals surface area contributed by atoms with E-state index in [0.717, 1.165) is 0 Å². The average Bonchev–Trinajstić information content (AvgIpc) is 1.86. The Morgan fingerprint density at radius 3 is 2.18 bits per heavy atom. The highest BCUT2D eigenvalue weighted by atomic mass is 16.6. The Hall–Kier alpha value is -0.610. The van der Waals surface area contributed by atoms with Gasteiger partial charge in [-0.25, -0.2) is 4.79 Å². The fourth-order valence-electron chi connectivity index (χ4n) is 0.811. The number of carboxylic acids is 1. The molecule has 0 saturated heterocycles. The lowest BCUT2D eigenvalue weighted by atomic mass is 10.0. The summed E-state index contributed by atoms with van der Waals surface area (Å²) >= 11 is 0. The topological polar surface area (TPSA) is 66.8 Å². The molecule has 1 unspecified atom stereocenters. The lowest BCUT2D eigenvalue weighted by Gasteiger charge is -2.22. The van der Waals surface area contributed by atoms with Crippen molar-refractivity contribution in [2.75, 3.05) is 7.11 Å². The monoisotopic (exact) mass is 162 g/mol. The van der Waals surface area contributed by atoms with Crippen molar-refractivity contribution in [1.29, 1.82) is 0 Å². The molecule has 0 heterocycles. The maximum Gasteiger partial charge on any atom is 0.364 e. The molecule has 0 aliphatic rings. The number of aliphatic hydroxyl groups is 1. The van der Waals surface area contributed by atoms with Crippen molar-refractivity contribution in [3.8, 4) is 0 Å². The molecule has 0 bridgehead atoms. The van der Waals surface area contributed by atoms with Crippen LogP contribution in [0.4, 0.5) is 0 Å². The van der Waals surface area contributed by atoms with Gasteiger partial charge in [-0.1, -0.05) is 13.8 Å². The first-order valence-corrected chi connectivity index (χ1v) is 3.43. The summed E-state index contributed by atoms with van der Waals surface area (Å²) in [6.45, 7) is 3.62. The number of rotatable bonds is 4. The van der Waals surface area contributed by atoms with Crippen LogP contribution in [0, 0.1) is 5.92 Å². The van der Waals surface area contributed by atoms with E-state index in [2.05, 4.69) is 4.74 Å². The summed E-state index contributed by atoms with van der Waals surface area (Å²) in [5.41, 5.74) is 0. The molecule has 2 N–H and O–H groups in total. The Bertz CT molecular complexity index is 143. The molecule has 0 aromatic carbocycles. The highest BCUT2D eigenvalue weighted by Gasteiger charge is 2.36. The molecule has 0 aliphatic heterocycles. The zero-order valence-corrected chi connectivity index (χ0v) is 7.00. The SMILES string of the molecule is COC(O)(CC(C)C)C(=O)O. The summed E-state index contributed by atoms with van der Waals surface area (Å²) in [4.78, 5) is 10.4. The van der Waals surface area contributed by atoms with Gasteiger partial charge < -0.3 is 14.9 Å². The maximum atomic E-state index is 10.4. The Labute approximate surface area is 65.8 Å². The predicted molar refractivity (Wildman–Crippen MR) is 39.0 cm³/mol. The average molecular weight is 162 g/mol. The van der Waals surface area contributed by atoms with Crippen LogP contribution in [0.1, 0.15) is 20.3 Å². The molecule has 0 saturated carbocycles. The lowest BCUT2D eigenvalue weighted by Crippen LogP contribution is -2.41. The molecular weight excluding hydrogens is 148 g/mol. The third-order valence-electron chi connectivity index (χ3n) is 1.36. The van der Waals surface area contributed by atoms with E-state index in [1.165, 1.54) is 7.11 Å². The number of hydrogen-bond donors (Lipinski definition) is 2. The minimum atomic E-state index is -2.02. The fourth-order valence-corrected chi connectivity index (χ4v) is 0.811. The number of ether oxygens (including phenoxy) is 1. The van der Waals surface area contributed by atoms with Crippen LogP contribution in [0.15, 0.2) is 0 Å². The maximum absolute atomic E-state index is 10.4. The van der Waals surface area contributed by atoms with Crippen molar-refractivity contribution in [3.05, 3.63) is 0 Å². The molecular formula is C7H14O4. The van der Waals surface area contributed by atoms with Gasteiger partial charge in [0.25, 0.3) is 5.79 Å². The molecule has 0 fully saturated rings. The van der Waals surface area contributed by atoms with Crippen LogP contribution in [0.5, 0.6) is 0 Å². The summed E-state index contributed by atoms with van der Waals surface area (Å²) < 4.78 is 4.47. The van der Waals surface area contributed by atoms with Crippen LogP contribution >= 0.6 is 0 Å². The van der Waals surface area contributed by atoms with Gasteiger partial charge in [0.15, 0.2) is 0 Å².